The van der Waals surface area contributed by atoms with E-state index in [9.17, 15) is 0 Å². The molecule has 3 nitrogen and oxygen atoms in total. The summed E-state index contributed by atoms with van der Waals surface area (Å²) in [4.78, 5) is 4.75. The number of hydrogen-bond acceptors (Lipinski definition) is 2. The van der Waals surface area contributed by atoms with Crippen molar-refractivity contribution in [3.8, 4) is 16.8 Å². The lowest BCUT2D eigenvalue weighted by molar-refractivity contribution is 0.666. The van der Waals surface area contributed by atoms with Crippen LogP contribution >= 0.6 is 0 Å². The van der Waals surface area contributed by atoms with E-state index in [1.165, 1.54) is 76.4 Å². The van der Waals surface area contributed by atoms with Crippen molar-refractivity contribution in [3.63, 3.8) is 0 Å². The van der Waals surface area contributed by atoms with E-state index in [2.05, 4.69) is 253 Å². The van der Waals surface area contributed by atoms with Crippen molar-refractivity contribution in [1.29, 1.82) is 0 Å². The molecule has 1 aliphatic carbocycles. The van der Waals surface area contributed by atoms with Crippen molar-refractivity contribution >= 4 is 88.2 Å². The molecule has 11 aromatic carbocycles. The lowest BCUT2D eigenvalue weighted by Crippen LogP contribution is -2.17. The molecule has 0 radical (unpaired) electrons. The van der Waals surface area contributed by atoms with Crippen LogP contribution in [0.1, 0.15) is 25.0 Å². The molecule has 0 aliphatic heterocycles. The van der Waals surface area contributed by atoms with Crippen LogP contribution in [0, 0.1) is 0 Å². The molecule has 1 aliphatic rings. The SMILES string of the molecule is CC1(C)c2cc(N(c3ccccc3)c3ccccc3)ccc2-c2c1c1cccc3c1c1c2cccc1c1c3c2ccc(N(c3ccccc3)c3ccccc3)cc2n1-c1ccccc1. The Bertz CT molecular complexity index is 3650. The first-order chi connectivity index (χ1) is 31.6. The van der Waals surface area contributed by atoms with Gasteiger partial charge in [0.2, 0.25) is 0 Å². The quantitative estimate of drug-likeness (QED) is 0.148. The van der Waals surface area contributed by atoms with Gasteiger partial charge >= 0.3 is 0 Å². The number of fused-ring (bicyclic) bond motifs is 10. The fourth-order valence-electron chi connectivity index (χ4n) is 11.2. The minimum atomic E-state index is -0.270. The summed E-state index contributed by atoms with van der Waals surface area (Å²) in [6.45, 7) is 4.87. The van der Waals surface area contributed by atoms with E-state index in [4.69, 9.17) is 0 Å². The molecule has 0 saturated carbocycles. The number of anilines is 6. The molecule has 13 rings (SSSR count). The summed E-state index contributed by atoms with van der Waals surface area (Å²) >= 11 is 0. The molecule has 0 amide bonds. The van der Waals surface area contributed by atoms with Crippen LogP contribution in [0.4, 0.5) is 34.1 Å². The number of hydrogen-bond donors (Lipinski definition) is 0. The predicted octanol–water partition coefficient (Wildman–Crippen LogP) is 16.9. The summed E-state index contributed by atoms with van der Waals surface area (Å²) < 4.78 is 2.53. The van der Waals surface area contributed by atoms with Crippen molar-refractivity contribution in [2.45, 2.75) is 19.3 Å². The molecule has 64 heavy (non-hydrogen) atoms. The fraction of sp³-hybridized carbons (Fsp3) is 0.0492. The molecule has 0 atom stereocenters. The third-order valence-corrected chi connectivity index (χ3v) is 13.8. The lowest BCUT2D eigenvalue weighted by Gasteiger charge is -2.28. The van der Waals surface area contributed by atoms with Gasteiger partial charge in [0.15, 0.2) is 0 Å². The summed E-state index contributed by atoms with van der Waals surface area (Å²) in [5, 5.41) is 10.4. The number of nitrogens with zero attached hydrogens (tertiary/aromatic N) is 3. The van der Waals surface area contributed by atoms with Gasteiger partial charge in [0.05, 0.1) is 11.0 Å². The second-order valence-corrected chi connectivity index (χ2v) is 17.7. The Morgan fingerprint density at radius 2 is 0.828 bits per heavy atom. The van der Waals surface area contributed by atoms with Crippen LogP contribution in [0.15, 0.2) is 224 Å². The summed E-state index contributed by atoms with van der Waals surface area (Å²) in [5.74, 6) is 0. The van der Waals surface area contributed by atoms with Crippen molar-refractivity contribution < 1.29 is 0 Å². The first-order valence-electron chi connectivity index (χ1n) is 22.3. The highest BCUT2D eigenvalue weighted by Gasteiger charge is 2.40. The zero-order chi connectivity index (χ0) is 42.5. The van der Waals surface area contributed by atoms with Gasteiger partial charge in [-0.05, 0) is 129 Å². The van der Waals surface area contributed by atoms with Gasteiger partial charge in [-0.2, -0.15) is 0 Å². The van der Waals surface area contributed by atoms with Crippen molar-refractivity contribution in [2.75, 3.05) is 9.80 Å². The summed E-state index contributed by atoms with van der Waals surface area (Å²) in [7, 11) is 0. The van der Waals surface area contributed by atoms with Crippen molar-refractivity contribution in [1.82, 2.24) is 4.57 Å². The van der Waals surface area contributed by atoms with Gasteiger partial charge in [0, 0.05) is 66.8 Å². The number of benzene rings is 11. The maximum Gasteiger partial charge on any atom is 0.0626 e. The molecule has 0 fully saturated rings. The molecule has 0 saturated heterocycles. The molecule has 1 heterocycles. The maximum absolute atomic E-state index is 2.53. The normalized spacial score (nSPS) is 13.0. The Hall–Kier alpha value is -8.14. The number of rotatable bonds is 7. The third kappa shape index (κ3) is 5.22. The van der Waals surface area contributed by atoms with E-state index < -0.39 is 0 Å². The molecule has 0 bridgehead atoms. The highest BCUT2D eigenvalue weighted by atomic mass is 15.1. The Kier molecular flexibility index (Phi) is 7.95. The molecule has 3 heteroatoms. The zero-order valence-corrected chi connectivity index (χ0v) is 35.7. The van der Waals surface area contributed by atoms with Gasteiger partial charge in [-0.25, -0.2) is 0 Å². The van der Waals surface area contributed by atoms with Crippen LogP contribution in [0.5, 0.6) is 0 Å². The van der Waals surface area contributed by atoms with Crippen molar-refractivity contribution in [2.24, 2.45) is 0 Å². The third-order valence-electron chi connectivity index (χ3n) is 13.8. The highest BCUT2D eigenvalue weighted by molar-refractivity contribution is 6.40. The first-order valence-corrected chi connectivity index (χ1v) is 22.3. The van der Waals surface area contributed by atoms with E-state index in [1.807, 2.05) is 0 Å². The zero-order valence-electron chi connectivity index (χ0n) is 35.7. The smallest absolute Gasteiger partial charge is 0.0626 e. The van der Waals surface area contributed by atoms with Gasteiger partial charge in [-0.1, -0.05) is 153 Å². The molecule has 302 valence electrons. The monoisotopic (exact) mass is 817 g/mol. The maximum atomic E-state index is 2.53. The minimum absolute atomic E-state index is 0.270. The van der Waals surface area contributed by atoms with Gasteiger partial charge in [-0.3, -0.25) is 0 Å². The fourth-order valence-corrected chi connectivity index (χ4v) is 11.2. The average Bonchev–Trinajstić information content (AvgIpc) is 3.82. The first kappa shape index (κ1) is 36.5. The van der Waals surface area contributed by atoms with Gasteiger partial charge in [0.1, 0.15) is 0 Å². The van der Waals surface area contributed by atoms with Crippen LogP contribution in [0.25, 0.3) is 70.9 Å². The van der Waals surface area contributed by atoms with Gasteiger partial charge in [-0.15, -0.1) is 0 Å². The van der Waals surface area contributed by atoms with Crippen LogP contribution in [0.2, 0.25) is 0 Å². The molecule has 0 spiro atoms. The predicted molar refractivity (Wildman–Crippen MR) is 271 cm³/mol. The Balaban J connectivity index is 1.11. The standard InChI is InChI=1S/C61H43N3/c1-61(2)53-38-45(62(40-20-8-3-9-21-40)41-22-10-4-11-23-41)34-36-47(53)57-49-30-19-33-52-56(49)55-50(31-18-32-51(55)59(57)61)58-48-37-35-46(39-54(48)64(60(52)58)44-28-16-7-17-29-44)63(42-24-12-5-13-25-42)43-26-14-6-15-27-43/h3-39H,1-2H3. The topological polar surface area (TPSA) is 11.4 Å². The molecule has 12 aromatic rings. The van der Waals surface area contributed by atoms with E-state index in [1.54, 1.807) is 0 Å². The lowest BCUT2D eigenvalue weighted by atomic mass is 9.77. The molecular weight excluding hydrogens is 775 g/mol. The van der Waals surface area contributed by atoms with E-state index in [0.29, 0.717) is 0 Å². The van der Waals surface area contributed by atoms with Crippen LogP contribution in [-0.4, -0.2) is 4.57 Å². The Labute approximate surface area is 372 Å². The van der Waals surface area contributed by atoms with Crippen LogP contribution in [0.3, 0.4) is 0 Å². The van der Waals surface area contributed by atoms with Gasteiger partial charge in [0.25, 0.3) is 0 Å². The van der Waals surface area contributed by atoms with Gasteiger partial charge < -0.3 is 14.4 Å². The second-order valence-electron chi connectivity index (χ2n) is 17.7. The molecular formula is C61H43N3. The number of para-hydroxylation sites is 5. The van der Waals surface area contributed by atoms with Crippen molar-refractivity contribution in [3.05, 3.63) is 236 Å². The molecule has 0 N–H and O–H groups in total. The summed E-state index contributed by atoms with van der Waals surface area (Å²) in [5.41, 5.74) is 15.5. The summed E-state index contributed by atoms with van der Waals surface area (Å²) in [6.07, 6.45) is 0. The molecule has 0 unspecified atom stereocenters. The van der Waals surface area contributed by atoms with Crippen LogP contribution in [-0.2, 0) is 5.41 Å². The van der Waals surface area contributed by atoms with Crippen LogP contribution < -0.4 is 9.80 Å². The molecule has 1 aromatic heterocycles. The average molecular weight is 818 g/mol. The van der Waals surface area contributed by atoms with E-state index >= 15 is 0 Å². The summed E-state index contributed by atoms with van der Waals surface area (Å²) in [6, 6.07) is 82.2. The van der Waals surface area contributed by atoms with E-state index in [0.717, 1.165) is 39.8 Å². The van der Waals surface area contributed by atoms with E-state index in [-0.39, 0.29) is 5.41 Å². The minimum Gasteiger partial charge on any atom is -0.310 e. The largest absolute Gasteiger partial charge is 0.310 e. The highest BCUT2D eigenvalue weighted by Crippen LogP contribution is 2.58. The Morgan fingerprint density at radius 1 is 0.359 bits per heavy atom. The number of aromatic nitrogens is 1. The second kappa shape index (κ2) is 13.9. The Morgan fingerprint density at radius 3 is 1.41 bits per heavy atom.